The first-order chi connectivity index (χ1) is 6.39. The second-order valence-electron chi connectivity index (χ2n) is 2.70. The summed E-state index contributed by atoms with van der Waals surface area (Å²) in [6, 6.07) is 6.75. The van der Waals surface area contributed by atoms with Crippen LogP contribution in [0.4, 0.5) is 13.2 Å². The molecule has 5 heteroatoms. The van der Waals surface area contributed by atoms with Gasteiger partial charge in [0.05, 0.1) is 0 Å². The van der Waals surface area contributed by atoms with E-state index in [1.807, 2.05) is 6.92 Å². The van der Waals surface area contributed by atoms with Crippen molar-refractivity contribution in [3.8, 4) is 0 Å². The Morgan fingerprint density at radius 2 is 1.71 bits per heavy atom. The van der Waals surface area contributed by atoms with Crippen LogP contribution < -0.4 is 0 Å². The maximum Gasteiger partial charge on any atom is 0.432 e. The molecule has 0 saturated carbocycles. The van der Waals surface area contributed by atoms with Gasteiger partial charge in [-0.05, 0) is 19.1 Å². The number of aryl methyl sites for hydroxylation is 1. The highest BCUT2D eigenvalue weighted by molar-refractivity contribution is 8.23. The van der Waals surface area contributed by atoms with Crippen molar-refractivity contribution in [1.29, 1.82) is 0 Å². The lowest BCUT2D eigenvalue weighted by Crippen LogP contribution is -2.16. The van der Waals surface area contributed by atoms with E-state index in [1.165, 1.54) is 0 Å². The maximum atomic E-state index is 12.1. The average molecular weight is 236 g/mol. The normalized spacial score (nSPS) is 11.4. The fourth-order valence-corrected chi connectivity index (χ4v) is 1.66. The maximum absolute atomic E-state index is 12.1. The van der Waals surface area contributed by atoms with Crippen LogP contribution in [0, 0.1) is 6.92 Å². The van der Waals surface area contributed by atoms with E-state index in [0.29, 0.717) is 16.7 Å². The largest absolute Gasteiger partial charge is 0.432 e. The fraction of sp³-hybridized carbons (Fsp3) is 0.222. The third kappa shape index (κ3) is 3.31. The summed E-state index contributed by atoms with van der Waals surface area (Å²) in [5.74, 6) is 0. The highest BCUT2D eigenvalue weighted by atomic mass is 32.2. The van der Waals surface area contributed by atoms with Gasteiger partial charge in [0.15, 0.2) is 4.20 Å². The summed E-state index contributed by atoms with van der Waals surface area (Å²) in [5, 5.41) is 0. The molecular formula is C9H7F3S2. The zero-order chi connectivity index (χ0) is 10.8. The lowest BCUT2D eigenvalue weighted by Gasteiger charge is -2.07. The minimum absolute atomic E-state index is 0.512. The number of benzene rings is 1. The lowest BCUT2D eigenvalue weighted by molar-refractivity contribution is -0.0532. The van der Waals surface area contributed by atoms with Crippen LogP contribution in [0.3, 0.4) is 0 Å². The molecule has 0 nitrogen and oxygen atoms in total. The van der Waals surface area contributed by atoms with Crippen LogP contribution in [0.1, 0.15) is 5.56 Å². The lowest BCUT2D eigenvalue weighted by atomic mass is 10.2. The Labute approximate surface area is 89.5 Å². The summed E-state index contributed by atoms with van der Waals surface area (Å²) in [6.07, 6.45) is -4.40. The molecule has 0 aliphatic carbocycles. The highest BCUT2D eigenvalue weighted by Gasteiger charge is 2.34. The van der Waals surface area contributed by atoms with Gasteiger partial charge < -0.3 is 0 Å². The van der Waals surface area contributed by atoms with Crippen molar-refractivity contribution >= 4 is 28.2 Å². The van der Waals surface area contributed by atoms with E-state index in [2.05, 4.69) is 12.2 Å². The molecular weight excluding hydrogens is 229 g/mol. The van der Waals surface area contributed by atoms with E-state index in [0.717, 1.165) is 5.56 Å². The average Bonchev–Trinajstić information content (AvgIpc) is 2.07. The van der Waals surface area contributed by atoms with Crippen LogP contribution in [0.2, 0.25) is 0 Å². The number of alkyl halides is 3. The van der Waals surface area contributed by atoms with Gasteiger partial charge in [-0.3, -0.25) is 0 Å². The summed E-state index contributed by atoms with van der Waals surface area (Å²) in [6.45, 7) is 1.87. The van der Waals surface area contributed by atoms with Crippen molar-refractivity contribution in [2.45, 2.75) is 18.0 Å². The molecule has 0 bridgehead atoms. The quantitative estimate of drug-likeness (QED) is 0.534. The van der Waals surface area contributed by atoms with Gasteiger partial charge >= 0.3 is 6.18 Å². The number of hydrogen-bond donors (Lipinski definition) is 0. The monoisotopic (exact) mass is 236 g/mol. The van der Waals surface area contributed by atoms with Gasteiger partial charge in [0.1, 0.15) is 0 Å². The van der Waals surface area contributed by atoms with Crippen LogP contribution in [0.25, 0.3) is 0 Å². The molecule has 14 heavy (non-hydrogen) atoms. The third-order valence-corrected chi connectivity index (χ3v) is 2.87. The molecule has 0 amide bonds. The Bertz CT molecular complexity index is 327. The molecule has 0 spiro atoms. The van der Waals surface area contributed by atoms with Crippen molar-refractivity contribution in [3.63, 3.8) is 0 Å². The molecule has 1 aromatic carbocycles. The van der Waals surface area contributed by atoms with Crippen LogP contribution in [0.5, 0.6) is 0 Å². The Morgan fingerprint density at radius 3 is 2.14 bits per heavy atom. The third-order valence-electron chi connectivity index (χ3n) is 1.46. The molecule has 0 heterocycles. The molecule has 0 aliphatic rings. The molecule has 1 aromatic rings. The minimum atomic E-state index is -4.40. The van der Waals surface area contributed by atoms with Crippen molar-refractivity contribution < 1.29 is 13.2 Å². The fourth-order valence-electron chi connectivity index (χ4n) is 0.771. The number of thiocarbonyl (C=S) groups is 1. The topological polar surface area (TPSA) is 0 Å². The zero-order valence-electron chi connectivity index (χ0n) is 7.26. The van der Waals surface area contributed by atoms with Gasteiger partial charge in [0.2, 0.25) is 0 Å². The van der Waals surface area contributed by atoms with Gasteiger partial charge in [0.25, 0.3) is 0 Å². The zero-order valence-corrected chi connectivity index (χ0v) is 8.89. The van der Waals surface area contributed by atoms with Crippen molar-refractivity contribution in [2.24, 2.45) is 0 Å². The van der Waals surface area contributed by atoms with Gasteiger partial charge in [-0.2, -0.15) is 13.2 Å². The van der Waals surface area contributed by atoms with E-state index in [-0.39, 0.29) is 0 Å². The Kier molecular flexibility index (Phi) is 3.55. The second kappa shape index (κ2) is 4.31. The van der Waals surface area contributed by atoms with Gasteiger partial charge in [-0.25, -0.2) is 0 Å². The first-order valence-electron chi connectivity index (χ1n) is 3.75. The molecule has 0 fully saturated rings. The number of halogens is 3. The number of hydrogen-bond acceptors (Lipinski definition) is 2. The van der Waals surface area contributed by atoms with Gasteiger partial charge in [-0.15, -0.1) is 0 Å². The molecule has 1 rings (SSSR count). The summed E-state index contributed by atoms with van der Waals surface area (Å²) in [7, 11) is 0. The summed E-state index contributed by atoms with van der Waals surface area (Å²) in [4.78, 5) is 0.512. The van der Waals surface area contributed by atoms with Crippen LogP contribution in [-0.4, -0.2) is 10.4 Å². The van der Waals surface area contributed by atoms with E-state index in [1.54, 1.807) is 24.3 Å². The van der Waals surface area contributed by atoms with Crippen LogP contribution in [-0.2, 0) is 0 Å². The molecule has 0 aliphatic heterocycles. The predicted octanol–water partition coefficient (Wildman–Crippen LogP) is 3.98. The van der Waals surface area contributed by atoms with Crippen molar-refractivity contribution in [2.75, 3.05) is 0 Å². The summed E-state index contributed by atoms with van der Waals surface area (Å²) in [5.41, 5.74) is 1.01. The van der Waals surface area contributed by atoms with E-state index in [4.69, 9.17) is 0 Å². The Hall–Kier alpha value is -0.550. The van der Waals surface area contributed by atoms with Crippen LogP contribution >= 0.6 is 24.0 Å². The van der Waals surface area contributed by atoms with Gasteiger partial charge in [0, 0.05) is 4.90 Å². The first-order valence-corrected chi connectivity index (χ1v) is 4.98. The van der Waals surface area contributed by atoms with Gasteiger partial charge in [-0.1, -0.05) is 41.7 Å². The highest BCUT2D eigenvalue weighted by Crippen LogP contribution is 2.30. The van der Waals surface area contributed by atoms with Crippen molar-refractivity contribution in [3.05, 3.63) is 29.8 Å². The second-order valence-corrected chi connectivity index (χ2v) is 4.45. The number of thioether (sulfide) groups is 1. The molecule has 76 valence electrons. The summed E-state index contributed by atoms with van der Waals surface area (Å²) < 4.78 is 35.2. The van der Waals surface area contributed by atoms with Crippen molar-refractivity contribution in [1.82, 2.24) is 0 Å². The summed E-state index contributed by atoms with van der Waals surface area (Å²) >= 11 is 4.81. The number of rotatable bonds is 1. The van der Waals surface area contributed by atoms with E-state index in [9.17, 15) is 13.2 Å². The molecule has 0 atom stereocenters. The Morgan fingerprint density at radius 1 is 1.21 bits per heavy atom. The molecule has 0 radical (unpaired) electrons. The Balaban J connectivity index is 2.71. The predicted molar refractivity (Wildman–Crippen MR) is 55.7 cm³/mol. The standard InChI is InChI=1S/C9H7F3S2/c1-6-2-4-7(5-3-6)14-8(13)9(10,11)12/h2-5H,1H3. The SMILES string of the molecule is Cc1ccc(SC(=S)C(F)(F)F)cc1. The molecule has 0 saturated heterocycles. The van der Waals surface area contributed by atoms with E-state index >= 15 is 0 Å². The smallest absolute Gasteiger partial charge is 0.165 e. The molecule has 0 N–H and O–H groups in total. The minimum Gasteiger partial charge on any atom is -0.165 e. The molecule has 0 aromatic heterocycles. The molecule has 0 unspecified atom stereocenters. The van der Waals surface area contributed by atoms with Crippen LogP contribution in [0.15, 0.2) is 29.2 Å². The van der Waals surface area contributed by atoms with E-state index < -0.39 is 10.4 Å². The first kappa shape index (κ1) is 11.5.